The molecular formula is C58H54BN3. The largest absolute Gasteiger partial charge is 0.331 e. The molecule has 13 rings (SSSR count). The molecule has 0 spiro atoms. The Kier molecular flexibility index (Phi) is 7.04. The number of anilines is 7. The second-order valence-electron chi connectivity index (χ2n) is 21.1. The molecule has 62 heavy (non-hydrogen) atoms. The number of hydrogen-bond acceptors (Lipinski definition) is 3. The van der Waals surface area contributed by atoms with Crippen molar-refractivity contribution in [3.8, 4) is 0 Å². The van der Waals surface area contributed by atoms with Gasteiger partial charge in [-0.15, -0.1) is 0 Å². The summed E-state index contributed by atoms with van der Waals surface area (Å²) in [6, 6.07) is 59.1. The Bertz CT molecular complexity index is 3070. The average molecular weight is 804 g/mol. The lowest BCUT2D eigenvalue weighted by molar-refractivity contribution is 0.244. The Morgan fingerprint density at radius 3 is 1.76 bits per heavy atom. The summed E-state index contributed by atoms with van der Waals surface area (Å²) in [5, 5.41) is 0. The third-order valence-electron chi connectivity index (χ3n) is 17.5. The first-order valence-corrected chi connectivity index (χ1v) is 23.1. The highest BCUT2D eigenvalue weighted by Gasteiger charge is 2.64. The first-order chi connectivity index (χ1) is 29.9. The molecule has 7 aromatic rings. The van der Waals surface area contributed by atoms with Crippen molar-refractivity contribution in [3.63, 3.8) is 0 Å². The number of fused-ring (bicyclic) bond motifs is 14. The molecule has 0 saturated carbocycles. The molecule has 4 heteroatoms. The van der Waals surface area contributed by atoms with Crippen molar-refractivity contribution in [3.05, 3.63) is 191 Å². The van der Waals surface area contributed by atoms with Crippen molar-refractivity contribution in [2.75, 3.05) is 14.7 Å². The zero-order valence-corrected chi connectivity index (χ0v) is 37.2. The highest BCUT2D eigenvalue weighted by molar-refractivity contribution is 7.00. The van der Waals surface area contributed by atoms with Crippen LogP contribution in [0.3, 0.4) is 0 Å². The van der Waals surface area contributed by atoms with Crippen LogP contribution in [0.2, 0.25) is 0 Å². The van der Waals surface area contributed by atoms with E-state index in [1.807, 2.05) is 0 Å². The summed E-state index contributed by atoms with van der Waals surface area (Å²) in [7, 11) is 0. The Morgan fingerprint density at radius 1 is 0.468 bits per heavy atom. The Morgan fingerprint density at radius 2 is 1.05 bits per heavy atom. The maximum atomic E-state index is 2.86. The Hall–Kier alpha value is -6.00. The van der Waals surface area contributed by atoms with Gasteiger partial charge in [0.05, 0.1) is 11.1 Å². The lowest BCUT2D eigenvalue weighted by atomic mass is 9.33. The zero-order chi connectivity index (χ0) is 42.1. The minimum atomic E-state index is -0.343. The van der Waals surface area contributed by atoms with Crippen LogP contribution >= 0.6 is 0 Å². The van der Waals surface area contributed by atoms with E-state index in [0.717, 1.165) is 25.7 Å². The van der Waals surface area contributed by atoms with Gasteiger partial charge in [-0.1, -0.05) is 150 Å². The second kappa shape index (κ2) is 11.9. The van der Waals surface area contributed by atoms with Crippen LogP contribution in [0.15, 0.2) is 152 Å². The van der Waals surface area contributed by atoms with Crippen LogP contribution in [0.25, 0.3) is 0 Å². The molecule has 6 aliphatic rings. The predicted octanol–water partition coefficient (Wildman–Crippen LogP) is 12.1. The summed E-state index contributed by atoms with van der Waals surface area (Å²) in [4.78, 5) is 8.25. The van der Waals surface area contributed by atoms with Gasteiger partial charge in [-0.25, -0.2) is 0 Å². The molecule has 0 amide bonds. The SMILES string of the molecule is CC(C)(C)c1ccc2c(c1)C1(C)CCc3ccccc3C1(C)N2c1cc2c3c(c1)N1c4c(cccc4C4(C)CCc5ccccc5C14C)B3c1ccccc1N2c1ccccc1. The molecule has 7 aromatic carbocycles. The van der Waals surface area contributed by atoms with Gasteiger partial charge in [0, 0.05) is 50.6 Å². The summed E-state index contributed by atoms with van der Waals surface area (Å²) in [5.74, 6) is 0. The van der Waals surface area contributed by atoms with Gasteiger partial charge in [0.2, 0.25) is 0 Å². The van der Waals surface area contributed by atoms with Crippen molar-refractivity contribution < 1.29 is 0 Å². The van der Waals surface area contributed by atoms with Gasteiger partial charge in [-0.2, -0.15) is 0 Å². The van der Waals surface area contributed by atoms with E-state index < -0.39 is 0 Å². The monoisotopic (exact) mass is 803 g/mol. The number of hydrogen-bond donors (Lipinski definition) is 0. The zero-order valence-electron chi connectivity index (χ0n) is 37.2. The Labute approximate surface area is 368 Å². The molecule has 0 bridgehead atoms. The molecule has 3 nitrogen and oxygen atoms in total. The fraction of sp³-hybridized carbons (Fsp3) is 0.276. The summed E-state index contributed by atoms with van der Waals surface area (Å²) in [6.45, 7) is 17.5. The lowest BCUT2D eigenvalue weighted by Crippen LogP contribution is -2.64. The first kappa shape index (κ1) is 36.6. The first-order valence-electron chi connectivity index (χ1n) is 23.1. The number of nitrogens with zero attached hydrogens (tertiary/aromatic N) is 3. The van der Waals surface area contributed by atoms with Crippen molar-refractivity contribution >= 4 is 62.9 Å². The van der Waals surface area contributed by atoms with Crippen LogP contribution in [-0.4, -0.2) is 6.71 Å². The topological polar surface area (TPSA) is 9.72 Å². The molecule has 4 unspecified atom stereocenters. The summed E-state index contributed by atoms with van der Waals surface area (Å²) in [6.07, 6.45) is 4.37. The van der Waals surface area contributed by atoms with Gasteiger partial charge in [0.1, 0.15) is 0 Å². The third-order valence-corrected chi connectivity index (χ3v) is 17.5. The fourth-order valence-electron chi connectivity index (χ4n) is 14.0. The van der Waals surface area contributed by atoms with Crippen molar-refractivity contribution in [1.82, 2.24) is 0 Å². The lowest BCUT2D eigenvalue weighted by Gasteiger charge is -2.54. The molecule has 0 radical (unpaired) electrons. The molecular weight excluding hydrogens is 749 g/mol. The number of benzene rings is 7. The van der Waals surface area contributed by atoms with E-state index in [2.05, 4.69) is 215 Å². The smallest absolute Gasteiger partial charge is 0.252 e. The molecule has 0 saturated heterocycles. The van der Waals surface area contributed by atoms with Crippen molar-refractivity contribution in [2.45, 2.75) is 101 Å². The van der Waals surface area contributed by atoms with E-state index in [-0.39, 0.29) is 34.0 Å². The van der Waals surface area contributed by atoms with Crippen LogP contribution in [0.1, 0.15) is 100 Å². The van der Waals surface area contributed by atoms with Gasteiger partial charge in [-0.3, -0.25) is 0 Å². The number of rotatable bonds is 2. The molecule has 4 heterocycles. The average Bonchev–Trinajstić information content (AvgIpc) is 3.63. The van der Waals surface area contributed by atoms with E-state index in [4.69, 9.17) is 0 Å². The van der Waals surface area contributed by atoms with E-state index in [1.54, 1.807) is 0 Å². The van der Waals surface area contributed by atoms with Crippen LogP contribution in [0.4, 0.5) is 39.8 Å². The minimum absolute atomic E-state index is 0.0373. The van der Waals surface area contributed by atoms with Crippen LogP contribution in [0.5, 0.6) is 0 Å². The predicted molar refractivity (Wildman–Crippen MR) is 261 cm³/mol. The van der Waals surface area contributed by atoms with E-state index in [0.29, 0.717) is 0 Å². The van der Waals surface area contributed by atoms with Crippen molar-refractivity contribution in [1.29, 1.82) is 0 Å². The van der Waals surface area contributed by atoms with Gasteiger partial charge in [0.15, 0.2) is 0 Å². The molecule has 304 valence electrons. The van der Waals surface area contributed by atoms with E-state index >= 15 is 0 Å². The van der Waals surface area contributed by atoms with E-state index in [9.17, 15) is 0 Å². The van der Waals surface area contributed by atoms with E-state index in [1.165, 1.54) is 95.1 Å². The summed E-state index contributed by atoms with van der Waals surface area (Å²) >= 11 is 0. The second-order valence-corrected chi connectivity index (χ2v) is 21.1. The molecule has 4 atom stereocenters. The molecule has 4 aliphatic heterocycles. The number of para-hydroxylation sites is 3. The van der Waals surface area contributed by atoms with Crippen LogP contribution in [-0.2, 0) is 40.2 Å². The van der Waals surface area contributed by atoms with Crippen molar-refractivity contribution in [2.24, 2.45) is 0 Å². The highest BCUT2D eigenvalue weighted by atomic mass is 15.3. The maximum Gasteiger partial charge on any atom is 0.252 e. The van der Waals surface area contributed by atoms with Gasteiger partial charge >= 0.3 is 0 Å². The summed E-state index contributed by atoms with van der Waals surface area (Å²) < 4.78 is 0. The molecule has 0 N–H and O–H groups in total. The molecule has 0 aromatic heterocycles. The van der Waals surface area contributed by atoms with Gasteiger partial charge < -0.3 is 14.7 Å². The molecule has 2 aliphatic carbocycles. The van der Waals surface area contributed by atoms with Gasteiger partial charge in [0.25, 0.3) is 6.71 Å². The molecule has 0 fully saturated rings. The maximum absolute atomic E-state index is 2.86. The fourth-order valence-corrected chi connectivity index (χ4v) is 14.0. The minimum Gasteiger partial charge on any atom is -0.331 e. The van der Waals surface area contributed by atoms with Gasteiger partial charge in [-0.05, 0) is 137 Å². The highest BCUT2D eigenvalue weighted by Crippen LogP contribution is 2.67. The quantitative estimate of drug-likeness (QED) is 0.161. The number of aryl methyl sites for hydroxylation is 2. The standard InChI is InChI=1S/C58H54BN3/c1-54(2,3)39-28-29-48-45(34-39)56(5)33-31-37-18-11-13-22-42(37)57(56,6)61(48)41-35-50-52-51(36-41)62-53-44(55(4)32-30-38-19-12-14-23-43(38)58(55,62)7)24-17-26-47(53)59(52)46-25-15-16-27-49(46)60(50)40-20-9-8-10-21-40/h8-29,34-36H,30-33H2,1-7H3. The Balaban J connectivity index is 1.18. The summed E-state index contributed by atoms with van der Waals surface area (Å²) in [5.41, 5.74) is 22.7. The third kappa shape index (κ3) is 4.20. The van der Waals surface area contributed by atoms with Crippen LogP contribution < -0.4 is 31.1 Å². The normalized spacial score (nSPS) is 25.5. The van der Waals surface area contributed by atoms with Crippen LogP contribution in [0, 0.1) is 0 Å².